The van der Waals surface area contributed by atoms with Crippen LogP contribution < -0.4 is 10.1 Å². The average molecular weight is 591 g/mol. The molecule has 1 fully saturated rings. The molecule has 2 heterocycles. The number of fused-ring (bicyclic) bond motifs is 1. The molecule has 2 amide bonds. The second-order valence-electron chi connectivity index (χ2n) is 11.9. The molecule has 1 aliphatic carbocycles. The van der Waals surface area contributed by atoms with Gasteiger partial charge in [-0.05, 0) is 57.0 Å². The van der Waals surface area contributed by atoms with Crippen LogP contribution in [0.25, 0.3) is 10.6 Å². The summed E-state index contributed by atoms with van der Waals surface area (Å²) in [7, 11) is 2.15. The molecule has 42 heavy (non-hydrogen) atoms. The monoisotopic (exact) mass is 590 g/mol. The third-order valence-electron chi connectivity index (χ3n) is 8.55. The maximum atomic E-state index is 13.8. The zero-order chi connectivity index (χ0) is 29.6. The van der Waals surface area contributed by atoms with Crippen molar-refractivity contribution >= 4 is 28.8 Å². The van der Waals surface area contributed by atoms with E-state index in [1.54, 1.807) is 52.8 Å². The number of likely N-dealkylation sites (N-methyl/N-ethyl adjacent to an activating group) is 1. The SMILES string of the molecule is C[C@H](CO)N1C[C@H](C)[C@@H](CN(C)CC2CCCCC2)Oc2c(NC(=O)c3ccc(-c4nccs4)cc3)cccc2C1=O. The highest BCUT2D eigenvalue weighted by molar-refractivity contribution is 7.13. The third kappa shape index (κ3) is 7.02. The lowest BCUT2D eigenvalue weighted by Crippen LogP contribution is -2.50. The van der Waals surface area contributed by atoms with Crippen LogP contribution in [0.15, 0.2) is 54.0 Å². The van der Waals surface area contributed by atoms with Crippen molar-refractivity contribution in [1.29, 1.82) is 0 Å². The first-order valence-electron chi connectivity index (χ1n) is 15.0. The van der Waals surface area contributed by atoms with Gasteiger partial charge in [0.25, 0.3) is 11.8 Å². The van der Waals surface area contributed by atoms with Crippen LogP contribution in [0.1, 0.15) is 66.7 Å². The van der Waals surface area contributed by atoms with Gasteiger partial charge in [0.1, 0.15) is 11.1 Å². The Morgan fingerprint density at radius 3 is 2.62 bits per heavy atom. The Bertz CT molecular complexity index is 1340. The quantitative estimate of drug-likeness (QED) is 0.327. The summed E-state index contributed by atoms with van der Waals surface area (Å²) in [5.41, 5.74) is 2.30. The number of aliphatic hydroxyl groups is 1. The minimum atomic E-state index is -0.346. The summed E-state index contributed by atoms with van der Waals surface area (Å²) in [6, 6.07) is 12.3. The number of nitrogens with zero attached hydrogens (tertiary/aromatic N) is 3. The molecule has 2 N–H and O–H groups in total. The van der Waals surface area contributed by atoms with Crippen LogP contribution in [0.4, 0.5) is 5.69 Å². The number of nitrogens with one attached hydrogen (secondary N) is 1. The van der Waals surface area contributed by atoms with Crippen LogP contribution in [0.2, 0.25) is 0 Å². The van der Waals surface area contributed by atoms with Crippen molar-refractivity contribution in [2.75, 3.05) is 38.6 Å². The van der Waals surface area contributed by atoms with E-state index in [1.807, 2.05) is 24.4 Å². The molecule has 3 aromatic rings. The lowest BCUT2D eigenvalue weighted by molar-refractivity contribution is 0.0332. The molecule has 2 aliphatic rings. The van der Waals surface area contributed by atoms with Crippen molar-refractivity contribution in [3.63, 3.8) is 0 Å². The minimum Gasteiger partial charge on any atom is -0.486 e. The van der Waals surface area contributed by atoms with Crippen LogP contribution in [0, 0.1) is 11.8 Å². The molecule has 0 spiro atoms. The van der Waals surface area contributed by atoms with E-state index in [4.69, 9.17) is 4.74 Å². The first-order chi connectivity index (χ1) is 20.3. The number of benzene rings is 2. The number of thiazole rings is 1. The molecule has 1 saturated carbocycles. The van der Waals surface area contributed by atoms with E-state index in [0.717, 1.165) is 17.1 Å². The van der Waals surface area contributed by atoms with Gasteiger partial charge in [0.2, 0.25) is 0 Å². The molecule has 1 aromatic heterocycles. The molecule has 0 bridgehead atoms. The number of hydrogen-bond donors (Lipinski definition) is 2. The van der Waals surface area contributed by atoms with Gasteiger partial charge in [-0.15, -0.1) is 11.3 Å². The lowest BCUT2D eigenvalue weighted by atomic mass is 9.89. The Kier molecular flexibility index (Phi) is 9.92. The van der Waals surface area contributed by atoms with Crippen molar-refractivity contribution < 1.29 is 19.4 Å². The first kappa shape index (κ1) is 30.2. The largest absolute Gasteiger partial charge is 0.486 e. The Balaban J connectivity index is 1.41. The van der Waals surface area contributed by atoms with Crippen LogP contribution in [-0.2, 0) is 0 Å². The molecule has 8 nitrogen and oxygen atoms in total. The molecular weight excluding hydrogens is 548 g/mol. The fourth-order valence-corrected chi connectivity index (χ4v) is 6.72. The molecule has 0 radical (unpaired) electrons. The summed E-state index contributed by atoms with van der Waals surface area (Å²) in [5, 5.41) is 15.8. The van der Waals surface area contributed by atoms with Crippen molar-refractivity contribution in [3.8, 4) is 16.3 Å². The predicted molar refractivity (Wildman–Crippen MR) is 167 cm³/mol. The highest BCUT2D eigenvalue weighted by atomic mass is 32.1. The Morgan fingerprint density at radius 1 is 1.17 bits per heavy atom. The zero-order valence-corrected chi connectivity index (χ0v) is 25.6. The van der Waals surface area contributed by atoms with Crippen molar-refractivity contribution in [3.05, 3.63) is 65.2 Å². The van der Waals surface area contributed by atoms with Gasteiger partial charge < -0.3 is 25.0 Å². The van der Waals surface area contributed by atoms with Gasteiger partial charge in [0.05, 0.1) is 23.9 Å². The maximum Gasteiger partial charge on any atom is 0.258 e. The average Bonchev–Trinajstić information content (AvgIpc) is 3.55. The number of rotatable bonds is 9. The number of aliphatic hydroxyl groups excluding tert-OH is 1. The second kappa shape index (κ2) is 13.8. The highest BCUT2D eigenvalue weighted by Crippen LogP contribution is 2.35. The fourth-order valence-electron chi connectivity index (χ4n) is 6.08. The van der Waals surface area contributed by atoms with Crippen molar-refractivity contribution in [2.24, 2.45) is 11.8 Å². The molecule has 9 heteroatoms. The number of amides is 2. The molecule has 0 saturated heterocycles. The van der Waals surface area contributed by atoms with E-state index in [9.17, 15) is 14.7 Å². The molecule has 224 valence electrons. The van der Waals surface area contributed by atoms with E-state index in [-0.39, 0.29) is 36.5 Å². The number of ether oxygens (including phenoxy) is 1. The standard InChI is InChI=1S/C33H42N4O4S/c1-22-18-37(23(2)21-38)33(40)27-10-7-11-28(30(27)41-29(22)20-36(3)19-24-8-5-4-6-9-24)35-31(39)25-12-14-26(15-13-25)32-34-16-17-42-32/h7,10-17,22-24,29,38H,4-6,8-9,18-21H2,1-3H3,(H,35,39)/t22-,23+,29+/m0/s1. The lowest BCUT2D eigenvalue weighted by Gasteiger charge is -2.39. The van der Waals surface area contributed by atoms with Crippen LogP contribution in [0.5, 0.6) is 5.75 Å². The van der Waals surface area contributed by atoms with Gasteiger partial charge in [-0.25, -0.2) is 4.98 Å². The summed E-state index contributed by atoms with van der Waals surface area (Å²) in [4.78, 5) is 35.6. The van der Waals surface area contributed by atoms with Crippen molar-refractivity contribution in [1.82, 2.24) is 14.8 Å². The molecule has 3 atom stereocenters. The number of carbonyl (C=O) groups is 2. The van der Waals surface area contributed by atoms with Crippen LogP contribution >= 0.6 is 11.3 Å². The normalized spacial score (nSPS) is 20.4. The number of aromatic nitrogens is 1. The highest BCUT2D eigenvalue weighted by Gasteiger charge is 2.35. The summed E-state index contributed by atoms with van der Waals surface area (Å²) < 4.78 is 6.70. The van der Waals surface area contributed by atoms with E-state index in [0.29, 0.717) is 41.6 Å². The summed E-state index contributed by atoms with van der Waals surface area (Å²) in [6.07, 6.45) is 8.02. The second-order valence-corrected chi connectivity index (χ2v) is 12.8. The smallest absolute Gasteiger partial charge is 0.258 e. The van der Waals surface area contributed by atoms with E-state index < -0.39 is 0 Å². The van der Waals surface area contributed by atoms with E-state index in [2.05, 4.69) is 29.2 Å². The zero-order valence-electron chi connectivity index (χ0n) is 24.8. The van der Waals surface area contributed by atoms with Gasteiger partial charge in [0, 0.05) is 48.3 Å². The molecule has 2 aromatic carbocycles. The minimum absolute atomic E-state index is 0.00655. The summed E-state index contributed by atoms with van der Waals surface area (Å²) >= 11 is 1.55. The van der Waals surface area contributed by atoms with Crippen LogP contribution in [-0.4, -0.2) is 77.1 Å². The molecular formula is C33H42N4O4S. The summed E-state index contributed by atoms with van der Waals surface area (Å²) in [6.45, 7) is 6.02. The van der Waals surface area contributed by atoms with Gasteiger partial charge in [0.15, 0.2) is 5.75 Å². The van der Waals surface area contributed by atoms with E-state index in [1.165, 1.54) is 32.1 Å². The van der Waals surface area contributed by atoms with Gasteiger partial charge in [-0.3, -0.25) is 9.59 Å². The predicted octanol–water partition coefficient (Wildman–Crippen LogP) is 5.79. The van der Waals surface area contributed by atoms with Gasteiger partial charge in [-0.1, -0.05) is 44.4 Å². The number of hydrogen-bond acceptors (Lipinski definition) is 7. The topological polar surface area (TPSA) is 95.0 Å². The third-order valence-corrected chi connectivity index (χ3v) is 9.37. The molecule has 0 unspecified atom stereocenters. The Labute approximate surface area is 252 Å². The van der Waals surface area contributed by atoms with Gasteiger partial charge >= 0.3 is 0 Å². The first-order valence-corrected chi connectivity index (χ1v) is 15.9. The van der Waals surface area contributed by atoms with E-state index >= 15 is 0 Å². The fraction of sp³-hybridized carbons (Fsp3) is 0.485. The van der Waals surface area contributed by atoms with Crippen LogP contribution in [0.3, 0.4) is 0 Å². The molecule has 1 aliphatic heterocycles. The van der Waals surface area contributed by atoms with Gasteiger partial charge in [-0.2, -0.15) is 0 Å². The maximum absolute atomic E-state index is 13.8. The Morgan fingerprint density at radius 2 is 1.93 bits per heavy atom. The number of anilines is 1. The molecule has 5 rings (SSSR count). The number of carbonyl (C=O) groups excluding carboxylic acids is 2. The number of para-hydroxylation sites is 1. The van der Waals surface area contributed by atoms with Crippen molar-refractivity contribution in [2.45, 2.75) is 58.1 Å². The Hall–Kier alpha value is -3.27. The summed E-state index contributed by atoms with van der Waals surface area (Å²) in [5.74, 6) is 0.590.